The number of nitrogen functional groups attached to an aromatic ring is 1. The van der Waals surface area contributed by atoms with Crippen LogP contribution in [0.1, 0.15) is 13.8 Å². The lowest BCUT2D eigenvalue weighted by molar-refractivity contribution is 0.234. The van der Waals surface area contributed by atoms with Crippen molar-refractivity contribution in [3.63, 3.8) is 0 Å². The Hall–Kier alpha value is -1.46. The lowest BCUT2D eigenvalue weighted by Crippen LogP contribution is -2.09. The Balaban J connectivity index is 2.27. The van der Waals surface area contributed by atoms with Crippen LogP contribution in [0, 0.1) is 0 Å². The maximum absolute atomic E-state index is 6.13. The SMILES string of the molecule is CC(C)Oc1nc(Nc2cc(Br)ccc2Cl)ccc1N. The molecule has 0 fully saturated rings. The van der Waals surface area contributed by atoms with Gasteiger partial charge in [0.15, 0.2) is 0 Å². The smallest absolute Gasteiger partial charge is 0.239 e. The fraction of sp³-hybridized carbons (Fsp3) is 0.214. The molecule has 0 unspecified atom stereocenters. The third-order valence-corrected chi connectivity index (χ3v) is 3.25. The molecule has 6 heteroatoms. The van der Waals surface area contributed by atoms with Gasteiger partial charge >= 0.3 is 0 Å². The third kappa shape index (κ3) is 3.77. The van der Waals surface area contributed by atoms with Crippen LogP contribution < -0.4 is 15.8 Å². The number of nitrogens with zero attached hydrogens (tertiary/aromatic N) is 1. The Morgan fingerprint density at radius 2 is 2.05 bits per heavy atom. The van der Waals surface area contributed by atoms with Gasteiger partial charge in [-0.25, -0.2) is 0 Å². The van der Waals surface area contributed by atoms with Crippen molar-refractivity contribution in [1.29, 1.82) is 0 Å². The van der Waals surface area contributed by atoms with Crippen LogP contribution in [-0.2, 0) is 0 Å². The summed E-state index contributed by atoms with van der Waals surface area (Å²) in [5.74, 6) is 1.03. The molecule has 0 amide bonds. The van der Waals surface area contributed by atoms with Crippen molar-refractivity contribution in [2.24, 2.45) is 0 Å². The number of anilines is 3. The minimum Gasteiger partial charge on any atom is -0.473 e. The second-order valence-corrected chi connectivity index (χ2v) is 5.83. The van der Waals surface area contributed by atoms with Crippen LogP contribution in [0.5, 0.6) is 5.88 Å². The van der Waals surface area contributed by atoms with Crippen molar-refractivity contribution in [2.45, 2.75) is 20.0 Å². The number of hydrogen-bond acceptors (Lipinski definition) is 4. The molecular weight excluding hydrogens is 342 g/mol. The van der Waals surface area contributed by atoms with Gasteiger partial charge in [0.1, 0.15) is 5.82 Å². The van der Waals surface area contributed by atoms with E-state index in [4.69, 9.17) is 22.1 Å². The minimum absolute atomic E-state index is 0.00880. The Morgan fingerprint density at radius 1 is 1.30 bits per heavy atom. The van der Waals surface area contributed by atoms with Gasteiger partial charge in [0.25, 0.3) is 0 Å². The zero-order chi connectivity index (χ0) is 14.7. The van der Waals surface area contributed by atoms with Crippen LogP contribution in [0.15, 0.2) is 34.8 Å². The van der Waals surface area contributed by atoms with Crippen LogP contribution >= 0.6 is 27.5 Å². The molecule has 2 aromatic rings. The highest BCUT2D eigenvalue weighted by atomic mass is 79.9. The highest BCUT2D eigenvalue weighted by Crippen LogP contribution is 2.30. The van der Waals surface area contributed by atoms with E-state index in [1.807, 2.05) is 26.0 Å². The molecule has 0 saturated carbocycles. The first-order valence-corrected chi connectivity index (χ1v) is 7.28. The number of nitrogens with two attached hydrogens (primary N) is 1. The summed E-state index contributed by atoms with van der Waals surface area (Å²) < 4.78 is 6.49. The Bertz CT molecular complexity index is 619. The number of ether oxygens (including phenoxy) is 1. The molecule has 0 saturated heterocycles. The van der Waals surface area contributed by atoms with E-state index < -0.39 is 0 Å². The number of pyridine rings is 1. The minimum atomic E-state index is 0.00880. The summed E-state index contributed by atoms with van der Waals surface area (Å²) >= 11 is 9.54. The van der Waals surface area contributed by atoms with Gasteiger partial charge in [-0.15, -0.1) is 0 Å². The second-order valence-electron chi connectivity index (χ2n) is 4.51. The molecule has 0 spiro atoms. The molecule has 0 radical (unpaired) electrons. The van der Waals surface area contributed by atoms with Crippen molar-refractivity contribution in [3.05, 3.63) is 39.8 Å². The van der Waals surface area contributed by atoms with Crippen molar-refractivity contribution >= 4 is 44.7 Å². The Morgan fingerprint density at radius 3 is 2.75 bits per heavy atom. The maximum Gasteiger partial charge on any atom is 0.239 e. The third-order valence-electron chi connectivity index (χ3n) is 2.43. The van der Waals surface area contributed by atoms with Crippen molar-refractivity contribution in [3.8, 4) is 5.88 Å². The predicted octanol–water partition coefficient (Wildman–Crippen LogP) is 4.61. The fourth-order valence-electron chi connectivity index (χ4n) is 1.57. The fourth-order valence-corrected chi connectivity index (χ4v) is 2.10. The maximum atomic E-state index is 6.13. The molecule has 0 aliphatic heterocycles. The van der Waals surface area contributed by atoms with Gasteiger partial charge in [0, 0.05) is 4.47 Å². The number of halogens is 2. The molecule has 106 valence electrons. The first-order chi connectivity index (χ1) is 9.45. The van der Waals surface area contributed by atoms with Crippen LogP contribution in [0.2, 0.25) is 5.02 Å². The van der Waals surface area contributed by atoms with Crippen molar-refractivity contribution in [1.82, 2.24) is 4.98 Å². The van der Waals surface area contributed by atoms with E-state index in [-0.39, 0.29) is 6.10 Å². The number of rotatable bonds is 4. The van der Waals surface area contributed by atoms with Crippen molar-refractivity contribution in [2.75, 3.05) is 11.1 Å². The molecule has 1 aromatic heterocycles. The highest BCUT2D eigenvalue weighted by Gasteiger charge is 2.08. The van der Waals surface area contributed by atoms with E-state index in [0.29, 0.717) is 22.4 Å². The molecule has 3 N–H and O–H groups in total. The largest absolute Gasteiger partial charge is 0.473 e. The van der Waals surface area contributed by atoms with Gasteiger partial charge in [-0.3, -0.25) is 0 Å². The monoisotopic (exact) mass is 355 g/mol. The number of nitrogens with one attached hydrogen (secondary N) is 1. The molecule has 0 bridgehead atoms. The predicted molar refractivity (Wildman–Crippen MR) is 86.8 cm³/mol. The van der Waals surface area contributed by atoms with E-state index in [1.165, 1.54) is 0 Å². The van der Waals surface area contributed by atoms with Gasteiger partial charge in [0.05, 0.1) is 22.5 Å². The van der Waals surface area contributed by atoms with Gasteiger partial charge in [-0.1, -0.05) is 27.5 Å². The van der Waals surface area contributed by atoms with Gasteiger partial charge in [0.2, 0.25) is 5.88 Å². The van der Waals surface area contributed by atoms with E-state index in [9.17, 15) is 0 Å². The van der Waals surface area contributed by atoms with Gasteiger partial charge in [-0.2, -0.15) is 4.98 Å². The molecule has 20 heavy (non-hydrogen) atoms. The van der Waals surface area contributed by atoms with E-state index in [2.05, 4.69) is 26.2 Å². The topological polar surface area (TPSA) is 60.2 Å². The number of benzene rings is 1. The molecule has 0 aliphatic rings. The first kappa shape index (κ1) is 14.9. The summed E-state index contributed by atoms with van der Waals surface area (Å²) in [6.07, 6.45) is 0.00880. The lowest BCUT2D eigenvalue weighted by atomic mass is 10.3. The normalized spacial score (nSPS) is 10.7. The lowest BCUT2D eigenvalue weighted by Gasteiger charge is -2.13. The zero-order valence-corrected chi connectivity index (χ0v) is 13.5. The standard InChI is InChI=1S/C14H15BrClN3O/c1-8(2)20-14-11(17)5-6-13(19-14)18-12-7-9(15)3-4-10(12)16/h3-8H,17H2,1-2H3,(H,18,19). The molecule has 0 atom stereocenters. The van der Waals surface area contributed by atoms with Crippen LogP contribution in [0.25, 0.3) is 0 Å². The number of aromatic nitrogens is 1. The quantitative estimate of drug-likeness (QED) is 0.840. The summed E-state index contributed by atoms with van der Waals surface area (Å²) in [5, 5.41) is 3.75. The molecule has 1 aromatic carbocycles. The van der Waals surface area contributed by atoms with Crippen LogP contribution in [0.3, 0.4) is 0 Å². The molecule has 0 aliphatic carbocycles. The summed E-state index contributed by atoms with van der Waals surface area (Å²) in [4.78, 5) is 4.35. The summed E-state index contributed by atoms with van der Waals surface area (Å²) in [6.45, 7) is 3.85. The van der Waals surface area contributed by atoms with Gasteiger partial charge in [-0.05, 0) is 44.2 Å². The average Bonchev–Trinajstić information content (AvgIpc) is 2.37. The Labute approximate surface area is 131 Å². The summed E-state index contributed by atoms with van der Waals surface area (Å²) in [7, 11) is 0. The molecule has 1 heterocycles. The van der Waals surface area contributed by atoms with Crippen LogP contribution in [-0.4, -0.2) is 11.1 Å². The van der Waals surface area contributed by atoms with Crippen molar-refractivity contribution < 1.29 is 4.74 Å². The van der Waals surface area contributed by atoms with Gasteiger partial charge < -0.3 is 15.8 Å². The van der Waals surface area contributed by atoms with E-state index in [0.717, 1.165) is 10.2 Å². The highest BCUT2D eigenvalue weighted by molar-refractivity contribution is 9.10. The van der Waals surface area contributed by atoms with Crippen LogP contribution in [0.4, 0.5) is 17.2 Å². The zero-order valence-electron chi connectivity index (χ0n) is 11.2. The molecule has 4 nitrogen and oxygen atoms in total. The van der Waals surface area contributed by atoms with E-state index >= 15 is 0 Å². The average molecular weight is 357 g/mol. The second kappa shape index (κ2) is 6.33. The Kier molecular flexibility index (Phi) is 4.73. The first-order valence-electron chi connectivity index (χ1n) is 6.11. The molecule has 2 rings (SSSR count). The van der Waals surface area contributed by atoms with E-state index in [1.54, 1.807) is 18.2 Å². The summed E-state index contributed by atoms with van der Waals surface area (Å²) in [6, 6.07) is 9.08. The summed E-state index contributed by atoms with van der Waals surface area (Å²) in [5.41, 5.74) is 7.10. The molecular formula is C14H15BrClN3O. The number of hydrogen-bond donors (Lipinski definition) is 2.